The van der Waals surface area contributed by atoms with Crippen molar-refractivity contribution in [3.63, 3.8) is 0 Å². The number of anilines is 1. The smallest absolute Gasteiger partial charge is 0.272 e. The van der Waals surface area contributed by atoms with E-state index in [1.54, 1.807) is 32.2 Å². The minimum Gasteiger partial charge on any atom is -0.378 e. The van der Waals surface area contributed by atoms with Crippen molar-refractivity contribution in [2.75, 3.05) is 5.73 Å². The van der Waals surface area contributed by atoms with E-state index in [4.69, 9.17) is 5.73 Å². The quantitative estimate of drug-likeness (QED) is 0.505. The Morgan fingerprint density at radius 1 is 1.42 bits per heavy atom. The number of nitrogen functional groups attached to an aromatic ring is 1. The highest BCUT2D eigenvalue weighted by Crippen LogP contribution is 2.14. The predicted octanol–water partition coefficient (Wildman–Crippen LogP) is 0.0899. The Kier molecular flexibility index (Phi) is 3.97. The summed E-state index contributed by atoms with van der Waals surface area (Å²) in [6, 6.07) is 3.30. The number of hydrogen-bond donors (Lipinski definition) is 2. The van der Waals surface area contributed by atoms with Crippen molar-refractivity contribution in [2.24, 2.45) is 5.10 Å². The second-order valence-electron chi connectivity index (χ2n) is 4.79. The van der Waals surface area contributed by atoms with Gasteiger partial charge in [0.2, 0.25) is 11.6 Å². The first kappa shape index (κ1) is 15.3. The second kappa shape index (κ2) is 6.24. The molecule has 0 aliphatic carbocycles. The molecule has 3 N–H and O–H groups in total. The molecule has 3 heterocycles. The van der Waals surface area contributed by atoms with Gasteiger partial charge in [0.05, 0.1) is 17.0 Å². The number of carbonyl (C=O) groups excluding carboxylic acids is 1. The molecule has 0 atom stereocenters. The fourth-order valence-electron chi connectivity index (χ4n) is 1.95. The molecule has 24 heavy (non-hydrogen) atoms. The van der Waals surface area contributed by atoms with Crippen LogP contribution in [0.3, 0.4) is 0 Å². The van der Waals surface area contributed by atoms with Crippen molar-refractivity contribution >= 4 is 17.4 Å². The van der Waals surface area contributed by atoms with Gasteiger partial charge in [-0.15, -0.1) is 5.10 Å². The first-order chi connectivity index (χ1) is 11.6. The molecule has 11 nitrogen and oxygen atoms in total. The van der Waals surface area contributed by atoms with Crippen LogP contribution >= 0.6 is 0 Å². The molecule has 3 aromatic heterocycles. The molecule has 122 valence electrons. The van der Waals surface area contributed by atoms with Gasteiger partial charge in [0.25, 0.3) is 5.91 Å². The zero-order valence-electron chi connectivity index (χ0n) is 12.8. The largest absolute Gasteiger partial charge is 0.378 e. The molecule has 3 rings (SSSR count). The number of nitrogens with one attached hydrogen (secondary N) is 1. The van der Waals surface area contributed by atoms with E-state index in [-0.39, 0.29) is 17.5 Å². The zero-order chi connectivity index (χ0) is 17.1. The highest BCUT2D eigenvalue weighted by molar-refractivity contribution is 6.00. The molecule has 0 radical (unpaired) electrons. The first-order valence-electron chi connectivity index (χ1n) is 6.83. The molecule has 0 aromatic carbocycles. The Bertz CT molecular complexity index is 897. The number of nitrogens with two attached hydrogens (primary N) is 1. The number of carbonyl (C=O) groups is 1. The minimum atomic E-state index is -0.377. The normalized spacial score (nSPS) is 11.5. The summed E-state index contributed by atoms with van der Waals surface area (Å²) >= 11 is 0. The molecule has 11 heteroatoms. The topological polar surface area (TPSA) is 150 Å². The third kappa shape index (κ3) is 2.82. The Morgan fingerprint density at radius 3 is 2.92 bits per heavy atom. The van der Waals surface area contributed by atoms with Gasteiger partial charge >= 0.3 is 0 Å². The third-order valence-electron chi connectivity index (χ3n) is 3.18. The fraction of sp³-hybridized carbons (Fsp3) is 0.154. The van der Waals surface area contributed by atoms with Crippen LogP contribution < -0.4 is 11.2 Å². The molecule has 0 aliphatic rings. The van der Waals surface area contributed by atoms with E-state index in [0.717, 1.165) is 0 Å². The summed E-state index contributed by atoms with van der Waals surface area (Å²) in [5, 5.41) is 19.2. The maximum absolute atomic E-state index is 12.0. The zero-order valence-corrected chi connectivity index (χ0v) is 12.8. The van der Waals surface area contributed by atoms with Crippen LogP contribution in [0.25, 0.3) is 5.82 Å². The fourth-order valence-corrected chi connectivity index (χ4v) is 1.95. The van der Waals surface area contributed by atoms with E-state index in [2.05, 4.69) is 40.8 Å². The van der Waals surface area contributed by atoms with E-state index in [1.807, 2.05) is 0 Å². The van der Waals surface area contributed by atoms with Gasteiger partial charge in [-0.1, -0.05) is 5.21 Å². The van der Waals surface area contributed by atoms with Gasteiger partial charge in [-0.25, -0.2) is 10.1 Å². The van der Waals surface area contributed by atoms with Crippen LogP contribution in [-0.2, 0) is 0 Å². The molecular weight excluding hydrogens is 314 g/mol. The summed E-state index contributed by atoms with van der Waals surface area (Å²) in [5.41, 5.74) is 10.0. The number of hydrogen-bond acceptors (Lipinski definition) is 9. The van der Waals surface area contributed by atoms with E-state index in [9.17, 15) is 4.79 Å². The van der Waals surface area contributed by atoms with Gasteiger partial charge in [0.1, 0.15) is 5.69 Å². The Morgan fingerprint density at radius 2 is 2.25 bits per heavy atom. The van der Waals surface area contributed by atoms with Crippen molar-refractivity contribution in [1.82, 2.24) is 35.7 Å². The number of nitrogens with zero attached hydrogens (tertiary/aromatic N) is 7. The molecule has 0 bridgehead atoms. The molecule has 0 fully saturated rings. The summed E-state index contributed by atoms with van der Waals surface area (Å²) in [7, 11) is 0. The lowest BCUT2D eigenvalue weighted by Gasteiger charge is -2.02. The number of rotatable bonds is 4. The van der Waals surface area contributed by atoms with Crippen molar-refractivity contribution in [2.45, 2.75) is 13.8 Å². The second-order valence-corrected chi connectivity index (χ2v) is 4.79. The van der Waals surface area contributed by atoms with Crippen LogP contribution in [0.2, 0.25) is 0 Å². The molecule has 0 aliphatic heterocycles. The van der Waals surface area contributed by atoms with Gasteiger partial charge < -0.3 is 5.73 Å². The van der Waals surface area contributed by atoms with Gasteiger partial charge in [-0.3, -0.25) is 9.78 Å². The summed E-state index contributed by atoms with van der Waals surface area (Å²) < 4.78 is 5.92. The lowest BCUT2D eigenvalue weighted by Crippen LogP contribution is -2.19. The number of amides is 1. The van der Waals surface area contributed by atoms with E-state index < -0.39 is 0 Å². The van der Waals surface area contributed by atoms with Crippen LogP contribution in [0.4, 0.5) is 5.82 Å². The lowest BCUT2D eigenvalue weighted by molar-refractivity contribution is 0.0954. The lowest BCUT2D eigenvalue weighted by atomic mass is 10.2. The van der Waals surface area contributed by atoms with Crippen LogP contribution in [0.5, 0.6) is 0 Å². The maximum atomic E-state index is 12.0. The summed E-state index contributed by atoms with van der Waals surface area (Å²) in [5.74, 6) is -0.0510. The van der Waals surface area contributed by atoms with Crippen LogP contribution in [0.1, 0.15) is 28.7 Å². The Balaban J connectivity index is 1.81. The van der Waals surface area contributed by atoms with Crippen molar-refractivity contribution < 1.29 is 9.42 Å². The summed E-state index contributed by atoms with van der Waals surface area (Å²) in [6.07, 6.45) is 3.03. The van der Waals surface area contributed by atoms with Gasteiger partial charge in [-0.2, -0.15) is 9.78 Å². The third-order valence-corrected chi connectivity index (χ3v) is 3.18. The molecule has 0 saturated heterocycles. The minimum absolute atomic E-state index is 0.0917. The molecule has 0 unspecified atom stereocenters. The standard InChI is InChI=1S/C13H13N9O2/c1-7(16-18-13(23)9-4-3-5-15-6-9)10-8(2)22(21-17-10)12-11(14)19-24-20-12/h3-6H,1-2H3,(H2,14,19)(H,18,23)/b16-7-. The highest BCUT2D eigenvalue weighted by Gasteiger charge is 2.18. The van der Waals surface area contributed by atoms with Gasteiger partial charge in [-0.05, 0) is 36.3 Å². The average molecular weight is 327 g/mol. The number of hydrazone groups is 1. The van der Waals surface area contributed by atoms with Gasteiger partial charge in [0.15, 0.2) is 0 Å². The molecule has 3 aromatic rings. The van der Waals surface area contributed by atoms with Crippen molar-refractivity contribution in [1.29, 1.82) is 0 Å². The molecular formula is C13H13N9O2. The average Bonchev–Trinajstić information content (AvgIpc) is 3.18. The van der Waals surface area contributed by atoms with Gasteiger partial charge in [0, 0.05) is 12.4 Å². The molecule has 0 saturated carbocycles. The highest BCUT2D eigenvalue weighted by atomic mass is 16.6. The van der Waals surface area contributed by atoms with Crippen LogP contribution in [0, 0.1) is 6.92 Å². The predicted molar refractivity (Wildman–Crippen MR) is 82.3 cm³/mol. The Labute approximate surface area is 135 Å². The van der Waals surface area contributed by atoms with E-state index in [1.165, 1.54) is 10.9 Å². The maximum Gasteiger partial charge on any atom is 0.272 e. The number of pyridine rings is 1. The first-order valence-corrected chi connectivity index (χ1v) is 6.83. The van der Waals surface area contributed by atoms with Crippen LogP contribution in [-0.4, -0.2) is 41.9 Å². The van der Waals surface area contributed by atoms with E-state index in [0.29, 0.717) is 22.7 Å². The molecule has 0 spiro atoms. The summed E-state index contributed by atoms with van der Waals surface area (Å²) in [6.45, 7) is 3.45. The Hall–Kier alpha value is -3.63. The van der Waals surface area contributed by atoms with Crippen molar-refractivity contribution in [3.05, 3.63) is 41.5 Å². The van der Waals surface area contributed by atoms with Crippen molar-refractivity contribution in [3.8, 4) is 5.82 Å². The summed E-state index contributed by atoms with van der Waals surface area (Å²) in [4.78, 5) is 15.8. The number of aromatic nitrogens is 6. The SMILES string of the molecule is C/C(=N/NC(=O)c1cccnc1)c1nnn(-c2nonc2N)c1C. The van der Waals surface area contributed by atoms with E-state index >= 15 is 0 Å². The van der Waals surface area contributed by atoms with Crippen LogP contribution in [0.15, 0.2) is 34.3 Å². The monoisotopic (exact) mass is 327 g/mol. The molecule has 1 amide bonds.